The molecule has 0 unspecified atom stereocenters. The molecule has 0 aromatic carbocycles. The van der Waals surface area contributed by atoms with Gasteiger partial charge in [0, 0.05) is 15.9 Å². The molecule has 0 aliphatic carbocycles. The monoisotopic (exact) mass is 267 g/mol. The first kappa shape index (κ1) is 10.8. The minimum Gasteiger partial charge on any atom is -0.398 e. The van der Waals surface area contributed by atoms with Crippen LogP contribution in [0.2, 0.25) is 0 Å². The van der Waals surface area contributed by atoms with Gasteiger partial charge in [-0.1, -0.05) is 0 Å². The zero-order valence-corrected chi connectivity index (χ0v) is 8.16. The number of rotatable bonds is 2. The maximum Gasteiger partial charge on any atom is 0.366 e. The number of alkyl halides is 2. The van der Waals surface area contributed by atoms with Crippen molar-refractivity contribution in [2.45, 2.75) is 6.43 Å². The quantitative estimate of drug-likeness (QED) is 0.506. The molecule has 0 amide bonds. The number of anilines is 1. The van der Waals surface area contributed by atoms with Crippen LogP contribution in [0.4, 0.5) is 20.3 Å². The van der Waals surface area contributed by atoms with Crippen LogP contribution in [0.25, 0.3) is 0 Å². The van der Waals surface area contributed by atoms with Crippen molar-refractivity contribution in [2.75, 3.05) is 5.73 Å². The van der Waals surface area contributed by atoms with Crippen molar-refractivity contribution in [3.63, 3.8) is 0 Å². The van der Waals surface area contributed by atoms with Crippen LogP contribution in [0.5, 0.6) is 0 Å². The number of nitro groups is 1. The number of aromatic nitrogens is 1. The van der Waals surface area contributed by atoms with Gasteiger partial charge in [-0.05, 0) is 9.91 Å². The van der Waals surface area contributed by atoms with Crippen LogP contribution in [0.3, 0.4) is 0 Å². The lowest BCUT2D eigenvalue weighted by Crippen LogP contribution is -2.01. The van der Waals surface area contributed by atoms with E-state index in [0.717, 1.165) is 6.07 Å². The Kier molecular flexibility index (Phi) is 2.94. The molecule has 0 fully saturated rings. The van der Waals surface area contributed by atoms with E-state index in [-0.39, 0.29) is 10.3 Å². The molecule has 1 rings (SSSR count). The average Bonchev–Trinajstić information content (AvgIpc) is 2.01. The van der Waals surface area contributed by atoms with Gasteiger partial charge in [0.05, 0.1) is 17.3 Å². The minimum atomic E-state index is -2.82. The SMILES string of the molecule is Nc1cc([N+](=O)[O-])nc(Br)c1C(F)F. The van der Waals surface area contributed by atoms with E-state index in [0.29, 0.717) is 0 Å². The lowest BCUT2D eigenvalue weighted by Gasteiger charge is -2.03. The molecule has 0 radical (unpaired) electrons. The highest BCUT2D eigenvalue weighted by molar-refractivity contribution is 9.10. The number of nitrogen functional groups attached to an aromatic ring is 1. The van der Waals surface area contributed by atoms with Gasteiger partial charge in [0.2, 0.25) is 4.60 Å². The molecular formula is C6H4BrF2N3O2. The van der Waals surface area contributed by atoms with Crippen LogP contribution < -0.4 is 5.73 Å². The first-order valence-corrected chi connectivity index (χ1v) is 4.11. The Balaban J connectivity index is 3.32. The zero-order chi connectivity index (χ0) is 10.9. The van der Waals surface area contributed by atoms with E-state index < -0.39 is 22.7 Å². The third-order valence-electron chi connectivity index (χ3n) is 1.44. The van der Waals surface area contributed by atoms with E-state index in [9.17, 15) is 18.9 Å². The maximum absolute atomic E-state index is 12.3. The van der Waals surface area contributed by atoms with E-state index in [1.54, 1.807) is 0 Å². The largest absolute Gasteiger partial charge is 0.398 e. The highest BCUT2D eigenvalue weighted by Gasteiger charge is 2.23. The van der Waals surface area contributed by atoms with Crippen molar-refractivity contribution in [3.05, 3.63) is 26.3 Å². The zero-order valence-electron chi connectivity index (χ0n) is 6.58. The molecule has 0 saturated carbocycles. The lowest BCUT2D eigenvalue weighted by atomic mass is 10.2. The number of nitrogens with two attached hydrogens (primary N) is 1. The van der Waals surface area contributed by atoms with Gasteiger partial charge in [-0.3, -0.25) is 0 Å². The summed E-state index contributed by atoms with van der Waals surface area (Å²) >= 11 is 2.69. The van der Waals surface area contributed by atoms with Crippen molar-refractivity contribution in [1.82, 2.24) is 4.98 Å². The molecular weight excluding hydrogens is 264 g/mol. The third-order valence-corrected chi connectivity index (χ3v) is 2.04. The lowest BCUT2D eigenvalue weighted by molar-refractivity contribution is -0.389. The van der Waals surface area contributed by atoms with Gasteiger partial charge in [-0.15, -0.1) is 0 Å². The Hall–Kier alpha value is -1.31. The first-order chi connectivity index (χ1) is 6.43. The molecule has 0 atom stereocenters. The molecule has 0 saturated heterocycles. The van der Waals surface area contributed by atoms with Gasteiger partial charge in [0.1, 0.15) is 0 Å². The fourth-order valence-corrected chi connectivity index (χ4v) is 1.42. The van der Waals surface area contributed by atoms with Gasteiger partial charge in [0.25, 0.3) is 6.43 Å². The molecule has 14 heavy (non-hydrogen) atoms. The Morgan fingerprint density at radius 1 is 1.64 bits per heavy atom. The molecule has 1 aromatic heterocycles. The molecule has 1 heterocycles. The number of pyridine rings is 1. The van der Waals surface area contributed by atoms with Gasteiger partial charge >= 0.3 is 5.82 Å². The van der Waals surface area contributed by atoms with Gasteiger partial charge in [-0.2, -0.15) is 0 Å². The second-order valence-corrected chi connectivity index (χ2v) is 3.08. The molecule has 76 valence electrons. The van der Waals surface area contributed by atoms with E-state index in [1.165, 1.54) is 0 Å². The van der Waals surface area contributed by atoms with Crippen LogP contribution >= 0.6 is 15.9 Å². The van der Waals surface area contributed by atoms with Gasteiger partial charge in [0.15, 0.2) is 0 Å². The minimum absolute atomic E-state index is 0.306. The summed E-state index contributed by atoms with van der Waals surface area (Å²) < 4.78 is 24.3. The second kappa shape index (κ2) is 3.82. The number of halogens is 3. The molecule has 0 spiro atoms. The molecule has 2 N–H and O–H groups in total. The van der Waals surface area contributed by atoms with E-state index in [4.69, 9.17) is 5.73 Å². The first-order valence-electron chi connectivity index (χ1n) is 3.32. The number of nitrogens with zero attached hydrogens (tertiary/aromatic N) is 2. The van der Waals surface area contributed by atoms with Crippen molar-refractivity contribution >= 4 is 27.4 Å². The summed E-state index contributed by atoms with van der Waals surface area (Å²) in [5.41, 5.74) is 4.32. The third kappa shape index (κ3) is 1.95. The molecule has 1 aromatic rings. The Morgan fingerprint density at radius 3 is 2.57 bits per heavy atom. The van der Waals surface area contributed by atoms with Crippen molar-refractivity contribution in [3.8, 4) is 0 Å². The van der Waals surface area contributed by atoms with Crippen LogP contribution in [0.1, 0.15) is 12.0 Å². The fraction of sp³-hybridized carbons (Fsp3) is 0.167. The highest BCUT2D eigenvalue weighted by Crippen LogP contribution is 2.33. The van der Waals surface area contributed by atoms with E-state index >= 15 is 0 Å². The Labute approximate surface area is 85.2 Å². The topological polar surface area (TPSA) is 82.0 Å². The van der Waals surface area contributed by atoms with E-state index in [1.807, 2.05) is 0 Å². The molecule has 0 bridgehead atoms. The van der Waals surface area contributed by atoms with E-state index in [2.05, 4.69) is 20.9 Å². The van der Waals surface area contributed by atoms with Crippen molar-refractivity contribution < 1.29 is 13.7 Å². The standard InChI is InChI=1S/C6H4BrF2N3O2/c7-5-4(6(8)9)2(10)1-3(11-5)12(13)14/h1,6H,(H2,10,11). The molecule has 5 nitrogen and oxygen atoms in total. The molecule has 8 heteroatoms. The van der Waals surface area contributed by atoms with Gasteiger partial charge in [-0.25, -0.2) is 8.78 Å². The normalized spacial score (nSPS) is 10.6. The highest BCUT2D eigenvalue weighted by atomic mass is 79.9. The summed E-state index contributed by atoms with van der Waals surface area (Å²) in [5, 5.41) is 10.3. The summed E-state index contributed by atoms with van der Waals surface area (Å²) in [6.45, 7) is 0. The summed E-state index contributed by atoms with van der Waals surface area (Å²) in [6.07, 6.45) is -2.82. The van der Waals surface area contributed by atoms with Crippen molar-refractivity contribution in [2.24, 2.45) is 0 Å². The summed E-state index contributed by atoms with van der Waals surface area (Å²) in [4.78, 5) is 12.8. The Morgan fingerprint density at radius 2 is 2.21 bits per heavy atom. The fourth-order valence-electron chi connectivity index (χ4n) is 0.839. The average molecular weight is 268 g/mol. The summed E-state index contributed by atoms with van der Waals surface area (Å²) in [7, 11) is 0. The van der Waals surface area contributed by atoms with Crippen LogP contribution in [0.15, 0.2) is 10.7 Å². The number of hydrogen-bond acceptors (Lipinski definition) is 4. The van der Waals surface area contributed by atoms with Crippen LogP contribution in [-0.4, -0.2) is 9.91 Å². The molecule has 0 aliphatic rings. The second-order valence-electron chi connectivity index (χ2n) is 2.33. The predicted molar refractivity (Wildman–Crippen MR) is 48.0 cm³/mol. The van der Waals surface area contributed by atoms with Crippen LogP contribution in [-0.2, 0) is 0 Å². The predicted octanol–water partition coefficient (Wildman–Crippen LogP) is 2.27. The summed E-state index contributed by atoms with van der Waals surface area (Å²) in [6, 6.07) is 0.798. The number of hydrogen-bond donors (Lipinski definition) is 1. The van der Waals surface area contributed by atoms with Crippen LogP contribution in [0, 0.1) is 10.1 Å². The summed E-state index contributed by atoms with van der Waals surface area (Å²) in [5.74, 6) is -0.571. The molecule has 0 aliphatic heterocycles. The van der Waals surface area contributed by atoms with Crippen molar-refractivity contribution in [1.29, 1.82) is 0 Å². The smallest absolute Gasteiger partial charge is 0.366 e. The Bertz CT molecular complexity index is 362. The van der Waals surface area contributed by atoms with Gasteiger partial charge < -0.3 is 15.8 Å². The maximum atomic E-state index is 12.3.